The highest BCUT2D eigenvalue weighted by molar-refractivity contribution is 4.74. The number of hydrogen-bond donors (Lipinski definition) is 1. The lowest BCUT2D eigenvalue weighted by Gasteiger charge is -2.13. The van der Waals surface area contributed by atoms with E-state index in [1.54, 1.807) is 0 Å². The molecule has 0 aromatic rings. The normalized spacial score (nSPS) is 14.5. The van der Waals surface area contributed by atoms with Crippen LogP contribution >= 0.6 is 0 Å². The minimum atomic E-state index is -4.18. The average molecular weight is 168 g/mol. The molecular weight excluding hydrogens is 157 g/mol. The number of hydrogen-bond acceptors (Lipinski definition) is 1. The number of alkyl halides is 3. The van der Waals surface area contributed by atoms with Crippen LogP contribution in [0.3, 0.4) is 0 Å². The van der Waals surface area contributed by atoms with Crippen LogP contribution in [0.2, 0.25) is 0 Å². The summed E-state index contributed by atoms with van der Waals surface area (Å²) >= 11 is 0. The molecule has 0 fully saturated rings. The van der Waals surface area contributed by atoms with Crippen molar-refractivity contribution in [2.24, 2.45) is 5.92 Å². The van der Waals surface area contributed by atoms with Crippen molar-refractivity contribution in [3.8, 4) is 0 Å². The minimum Gasteiger partial charge on any atom is -0.396 e. The topological polar surface area (TPSA) is 20.2 Å². The van der Waals surface area contributed by atoms with Gasteiger partial charge in [0.25, 0.3) is 0 Å². The van der Waals surface area contributed by atoms with Crippen molar-refractivity contribution in [1.29, 1.82) is 0 Å². The lowest BCUT2D eigenvalue weighted by molar-refractivity contribution is -0.147. The summed E-state index contributed by atoms with van der Waals surface area (Å²) in [5.74, 6) is -0.729. The third-order valence-corrected chi connectivity index (χ3v) is 1.28. The third-order valence-electron chi connectivity index (χ3n) is 1.28. The van der Waals surface area contributed by atoms with Crippen molar-refractivity contribution in [2.75, 3.05) is 6.61 Å². The van der Waals surface area contributed by atoms with E-state index in [0.29, 0.717) is 0 Å². The lowest BCUT2D eigenvalue weighted by Crippen LogP contribution is -2.17. The zero-order valence-corrected chi connectivity index (χ0v) is 6.06. The van der Waals surface area contributed by atoms with Crippen molar-refractivity contribution in [1.82, 2.24) is 0 Å². The van der Waals surface area contributed by atoms with Gasteiger partial charge in [0.2, 0.25) is 0 Å². The zero-order chi connectivity index (χ0) is 8.91. The molecule has 1 N–H and O–H groups in total. The molecular formula is C7H11F3O. The van der Waals surface area contributed by atoms with Gasteiger partial charge in [-0.15, -0.1) is 6.58 Å². The number of aliphatic hydroxyl groups excluding tert-OH is 1. The molecule has 0 rings (SSSR count). The Bertz CT molecular complexity index is 119. The van der Waals surface area contributed by atoms with Gasteiger partial charge in [0.15, 0.2) is 0 Å². The molecule has 0 amide bonds. The molecule has 0 unspecified atom stereocenters. The van der Waals surface area contributed by atoms with Crippen molar-refractivity contribution in [3.05, 3.63) is 12.7 Å². The first-order valence-electron chi connectivity index (χ1n) is 3.28. The number of aliphatic hydroxyl groups is 1. The first-order chi connectivity index (χ1) is 4.99. The number of allylic oxidation sites excluding steroid dienone is 1. The van der Waals surface area contributed by atoms with E-state index in [1.165, 1.54) is 6.08 Å². The first-order valence-corrected chi connectivity index (χ1v) is 3.28. The van der Waals surface area contributed by atoms with Gasteiger partial charge in [-0.3, -0.25) is 0 Å². The molecule has 11 heavy (non-hydrogen) atoms. The molecule has 0 aromatic heterocycles. The highest BCUT2D eigenvalue weighted by Crippen LogP contribution is 2.26. The van der Waals surface area contributed by atoms with Gasteiger partial charge in [0.05, 0.1) is 0 Å². The van der Waals surface area contributed by atoms with E-state index < -0.39 is 25.1 Å². The van der Waals surface area contributed by atoms with Gasteiger partial charge in [-0.05, 0) is 12.3 Å². The van der Waals surface area contributed by atoms with E-state index in [-0.39, 0.29) is 6.42 Å². The van der Waals surface area contributed by atoms with E-state index in [2.05, 4.69) is 6.58 Å². The molecule has 1 nitrogen and oxygen atoms in total. The Labute approximate surface area is 63.5 Å². The fourth-order valence-electron chi connectivity index (χ4n) is 0.785. The minimum absolute atomic E-state index is 0.204. The molecule has 0 aliphatic heterocycles. The summed E-state index contributed by atoms with van der Waals surface area (Å²) < 4.78 is 35.0. The maximum absolute atomic E-state index is 11.7. The molecule has 4 heteroatoms. The van der Waals surface area contributed by atoms with Crippen LogP contribution in [0.4, 0.5) is 13.2 Å². The fraction of sp³-hybridized carbons (Fsp3) is 0.714. The Morgan fingerprint density at radius 3 is 2.27 bits per heavy atom. The van der Waals surface area contributed by atoms with Crippen LogP contribution in [-0.4, -0.2) is 17.9 Å². The SMILES string of the molecule is C=CC[C@H](CO)CC(F)(F)F. The number of rotatable bonds is 4. The van der Waals surface area contributed by atoms with Gasteiger partial charge >= 0.3 is 6.18 Å². The lowest BCUT2D eigenvalue weighted by atomic mass is 10.0. The second-order valence-corrected chi connectivity index (χ2v) is 2.39. The van der Waals surface area contributed by atoms with Crippen LogP contribution < -0.4 is 0 Å². The molecule has 0 aliphatic rings. The first kappa shape index (κ1) is 10.5. The Morgan fingerprint density at radius 1 is 1.45 bits per heavy atom. The van der Waals surface area contributed by atoms with Crippen molar-refractivity contribution in [3.63, 3.8) is 0 Å². The van der Waals surface area contributed by atoms with Crippen LogP contribution in [0.1, 0.15) is 12.8 Å². The average Bonchev–Trinajstić information content (AvgIpc) is 1.84. The van der Waals surface area contributed by atoms with Gasteiger partial charge in [-0.25, -0.2) is 0 Å². The highest BCUT2D eigenvalue weighted by Gasteiger charge is 2.30. The van der Waals surface area contributed by atoms with Gasteiger partial charge < -0.3 is 5.11 Å². The summed E-state index contributed by atoms with van der Waals surface area (Å²) in [6.07, 6.45) is -3.53. The predicted octanol–water partition coefficient (Wildman–Crippen LogP) is 2.12. The highest BCUT2D eigenvalue weighted by atomic mass is 19.4. The molecule has 0 saturated heterocycles. The monoisotopic (exact) mass is 168 g/mol. The van der Waals surface area contributed by atoms with Crippen LogP contribution in [0.15, 0.2) is 12.7 Å². The van der Waals surface area contributed by atoms with Crippen LogP contribution in [-0.2, 0) is 0 Å². The largest absolute Gasteiger partial charge is 0.396 e. The van der Waals surface area contributed by atoms with Crippen molar-refractivity contribution in [2.45, 2.75) is 19.0 Å². The summed E-state index contributed by atoms with van der Waals surface area (Å²) in [7, 11) is 0. The molecule has 0 spiro atoms. The summed E-state index contributed by atoms with van der Waals surface area (Å²) in [6.45, 7) is 2.86. The predicted molar refractivity (Wildman–Crippen MR) is 36.1 cm³/mol. The molecule has 0 aromatic carbocycles. The molecule has 66 valence electrons. The molecule has 0 aliphatic carbocycles. The van der Waals surface area contributed by atoms with Gasteiger partial charge in [0, 0.05) is 13.0 Å². The van der Waals surface area contributed by atoms with Crippen molar-refractivity contribution < 1.29 is 18.3 Å². The Kier molecular flexibility index (Phi) is 4.18. The molecule has 1 atom stereocenters. The summed E-state index contributed by atoms with van der Waals surface area (Å²) in [5, 5.41) is 8.47. The Hall–Kier alpha value is -0.510. The second-order valence-electron chi connectivity index (χ2n) is 2.39. The van der Waals surface area contributed by atoms with Gasteiger partial charge in [-0.2, -0.15) is 13.2 Å². The van der Waals surface area contributed by atoms with Crippen molar-refractivity contribution >= 4 is 0 Å². The van der Waals surface area contributed by atoms with E-state index in [4.69, 9.17) is 5.11 Å². The van der Waals surface area contributed by atoms with E-state index in [1.807, 2.05) is 0 Å². The maximum Gasteiger partial charge on any atom is 0.389 e. The van der Waals surface area contributed by atoms with E-state index in [0.717, 1.165) is 0 Å². The Morgan fingerprint density at radius 2 is 2.00 bits per heavy atom. The zero-order valence-electron chi connectivity index (χ0n) is 6.06. The fourth-order valence-corrected chi connectivity index (χ4v) is 0.785. The molecule has 0 saturated carbocycles. The molecule has 0 radical (unpaired) electrons. The summed E-state index contributed by atoms with van der Waals surface area (Å²) in [4.78, 5) is 0. The van der Waals surface area contributed by atoms with Gasteiger partial charge in [0.1, 0.15) is 0 Å². The van der Waals surface area contributed by atoms with Crippen LogP contribution in [0.25, 0.3) is 0 Å². The smallest absolute Gasteiger partial charge is 0.389 e. The third kappa shape index (κ3) is 5.91. The molecule has 0 heterocycles. The second kappa shape index (κ2) is 4.38. The van der Waals surface area contributed by atoms with E-state index in [9.17, 15) is 13.2 Å². The number of halogens is 3. The van der Waals surface area contributed by atoms with Gasteiger partial charge in [-0.1, -0.05) is 6.08 Å². The summed E-state index contributed by atoms with van der Waals surface area (Å²) in [6, 6.07) is 0. The standard InChI is InChI=1S/C7H11F3O/c1-2-3-6(5-11)4-7(8,9)10/h2,6,11H,1,3-5H2/t6-/m0/s1. The summed E-state index contributed by atoms with van der Waals surface area (Å²) in [5.41, 5.74) is 0. The quantitative estimate of drug-likeness (QED) is 0.637. The maximum atomic E-state index is 11.7. The van der Waals surface area contributed by atoms with Crippen LogP contribution in [0, 0.1) is 5.92 Å². The Balaban J connectivity index is 3.77. The van der Waals surface area contributed by atoms with E-state index >= 15 is 0 Å². The van der Waals surface area contributed by atoms with Crippen LogP contribution in [0.5, 0.6) is 0 Å². The molecule has 0 bridgehead atoms.